The van der Waals surface area contributed by atoms with E-state index in [1.807, 2.05) is 60.7 Å². The lowest BCUT2D eigenvalue weighted by Gasteiger charge is -2.20. The predicted molar refractivity (Wildman–Crippen MR) is 113 cm³/mol. The van der Waals surface area contributed by atoms with Crippen molar-refractivity contribution < 1.29 is 14.6 Å². The highest BCUT2D eigenvalue weighted by molar-refractivity contribution is 7.21. The molecule has 0 fully saturated rings. The summed E-state index contributed by atoms with van der Waals surface area (Å²) < 4.78 is 6.88. The number of fused-ring (bicyclic) bond motifs is 2. The number of nitrogens with zero attached hydrogens (tertiary/aromatic N) is 2. The van der Waals surface area contributed by atoms with E-state index in [1.165, 1.54) is 0 Å². The first kappa shape index (κ1) is 17.7. The number of benzene rings is 3. The van der Waals surface area contributed by atoms with E-state index in [0.29, 0.717) is 31.0 Å². The lowest BCUT2D eigenvalue weighted by molar-refractivity contribution is 0.0733. The molecule has 3 aromatic carbocycles. The molecule has 29 heavy (non-hydrogen) atoms. The largest absolute Gasteiger partial charge is 0.504 e. The first-order valence-electron chi connectivity index (χ1n) is 9.38. The fraction of sp³-hybridized carbons (Fsp3) is 0.130. The van der Waals surface area contributed by atoms with Crippen LogP contribution in [0.4, 0.5) is 0 Å². The zero-order valence-corrected chi connectivity index (χ0v) is 16.4. The highest BCUT2D eigenvalue weighted by Crippen LogP contribution is 2.39. The third kappa shape index (κ3) is 3.32. The Bertz CT molecular complexity index is 1170. The summed E-state index contributed by atoms with van der Waals surface area (Å²) in [5.41, 5.74) is 3.17. The Hall–Kier alpha value is -3.38. The van der Waals surface area contributed by atoms with Gasteiger partial charge in [0.1, 0.15) is 11.6 Å². The molecule has 1 aliphatic rings. The van der Waals surface area contributed by atoms with Crippen LogP contribution in [-0.4, -0.2) is 34.0 Å². The van der Waals surface area contributed by atoms with Crippen molar-refractivity contribution in [2.75, 3.05) is 13.2 Å². The van der Waals surface area contributed by atoms with Gasteiger partial charge < -0.3 is 14.7 Å². The summed E-state index contributed by atoms with van der Waals surface area (Å²) >= 11 is 1.58. The third-order valence-corrected chi connectivity index (χ3v) is 6.05. The minimum atomic E-state index is -0.0491. The maximum atomic E-state index is 12.9. The standard InChI is InChI=1S/C23H18N2O3S/c26-19-13-16(22-24-18-8-4-5-9-20(18)29-22)12-17-14-25(10-11-28-21(17)19)23(27)15-6-2-1-3-7-15/h1-9,12-13,26H,10-11,14H2. The molecule has 2 heterocycles. The van der Waals surface area contributed by atoms with E-state index in [4.69, 9.17) is 4.74 Å². The van der Waals surface area contributed by atoms with Crippen LogP contribution in [0, 0.1) is 0 Å². The van der Waals surface area contributed by atoms with E-state index in [0.717, 1.165) is 26.4 Å². The molecule has 0 bridgehead atoms. The van der Waals surface area contributed by atoms with Gasteiger partial charge in [-0.3, -0.25) is 4.79 Å². The van der Waals surface area contributed by atoms with Gasteiger partial charge in [-0.15, -0.1) is 11.3 Å². The number of rotatable bonds is 2. The average Bonchev–Trinajstić information content (AvgIpc) is 3.07. The second kappa shape index (κ2) is 7.22. The molecule has 1 N–H and O–H groups in total. The van der Waals surface area contributed by atoms with Crippen LogP contribution in [0.2, 0.25) is 0 Å². The molecule has 0 saturated heterocycles. The molecular weight excluding hydrogens is 384 g/mol. The molecule has 0 unspecified atom stereocenters. The first-order chi connectivity index (χ1) is 14.2. The molecule has 1 aliphatic heterocycles. The summed E-state index contributed by atoms with van der Waals surface area (Å²) in [6.07, 6.45) is 0. The first-order valence-corrected chi connectivity index (χ1v) is 10.2. The minimum absolute atomic E-state index is 0.0491. The summed E-state index contributed by atoms with van der Waals surface area (Å²) in [6.45, 7) is 1.16. The summed E-state index contributed by atoms with van der Waals surface area (Å²) in [5, 5.41) is 11.4. The number of para-hydroxylation sites is 1. The summed E-state index contributed by atoms with van der Waals surface area (Å²) in [7, 11) is 0. The highest BCUT2D eigenvalue weighted by Gasteiger charge is 2.24. The van der Waals surface area contributed by atoms with Crippen LogP contribution in [0.5, 0.6) is 11.5 Å². The van der Waals surface area contributed by atoms with Gasteiger partial charge in [-0.2, -0.15) is 0 Å². The van der Waals surface area contributed by atoms with E-state index in [9.17, 15) is 9.90 Å². The van der Waals surface area contributed by atoms with Gasteiger partial charge in [-0.1, -0.05) is 30.3 Å². The monoisotopic (exact) mass is 402 g/mol. The summed E-state index contributed by atoms with van der Waals surface area (Å²) in [5.74, 6) is 0.468. The second-order valence-electron chi connectivity index (χ2n) is 6.91. The molecular formula is C23H18N2O3S. The molecule has 144 valence electrons. The van der Waals surface area contributed by atoms with Crippen LogP contribution >= 0.6 is 11.3 Å². The number of thiazole rings is 1. The molecule has 0 aliphatic carbocycles. The van der Waals surface area contributed by atoms with E-state index < -0.39 is 0 Å². The Labute approximate surface area is 171 Å². The van der Waals surface area contributed by atoms with Crippen LogP contribution in [0.3, 0.4) is 0 Å². The van der Waals surface area contributed by atoms with Crippen molar-refractivity contribution in [1.29, 1.82) is 0 Å². The molecule has 1 amide bonds. The van der Waals surface area contributed by atoms with Crippen molar-refractivity contribution in [1.82, 2.24) is 9.88 Å². The smallest absolute Gasteiger partial charge is 0.254 e. The summed E-state index contributed by atoms with van der Waals surface area (Å²) in [6, 6.07) is 20.8. The molecule has 0 radical (unpaired) electrons. The predicted octanol–water partition coefficient (Wildman–Crippen LogP) is 4.70. The minimum Gasteiger partial charge on any atom is -0.504 e. The van der Waals surface area contributed by atoms with Crippen LogP contribution < -0.4 is 4.74 Å². The number of phenols is 1. The van der Waals surface area contributed by atoms with Gasteiger partial charge in [0.2, 0.25) is 0 Å². The van der Waals surface area contributed by atoms with Crippen LogP contribution in [0.25, 0.3) is 20.8 Å². The SMILES string of the molecule is O=C(c1ccccc1)N1CCOc2c(O)cc(-c3nc4ccccc4s3)cc2C1. The Kier molecular flexibility index (Phi) is 4.41. The quantitative estimate of drug-likeness (QED) is 0.528. The molecule has 0 spiro atoms. The topological polar surface area (TPSA) is 62.7 Å². The van der Waals surface area contributed by atoms with E-state index in [2.05, 4.69) is 4.98 Å². The Balaban J connectivity index is 1.52. The number of aromatic hydroxyl groups is 1. The highest BCUT2D eigenvalue weighted by atomic mass is 32.1. The van der Waals surface area contributed by atoms with Crippen molar-refractivity contribution in [3.63, 3.8) is 0 Å². The molecule has 1 aromatic heterocycles. The molecule has 5 rings (SSSR count). The zero-order chi connectivity index (χ0) is 19.8. The maximum absolute atomic E-state index is 12.9. The zero-order valence-electron chi connectivity index (χ0n) is 15.5. The van der Waals surface area contributed by atoms with Crippen LogP contribution in [0.1, 0.15) is 15.9 Å². The van der Waals surface area contributed by atoms with E-state index >= 15 is 0 Å². The summed E-state index contributed by atoms with van der Waals surface area (Å²) in [4.78, 5) is 19.4. The molecule has 4 aromatic rings. The van der Waals surface area contributed by atoms with Gasteiger partial charge >= 0.3 is 0 Å². The normalized spacial score (nSPS) is 13.6. The van der Waals surface area contributed by atoms with Gasteiger partial charge in [0.15, 0.2) is 11.5 Å². The number of ether oxygens (including phenoxy) is 1. The third-order valence-electron chi connectivity index (χ3n) is 4.96. The second-order valence-corrected chi connectivity index (χ2v) is 7.94. The van der Waals surface area contributed by atoms with Crippen molar-refractivity contribution in [3.05, 3.63) is 77.9 Å². The maximum Gasteiger partial charge on any atom is 0.254 e. The van der Waals surface area contributed by atoms with Crippen molar-refractivity contribution in [2.45, 2.75) is 6.54 Å². The van der Waals surface area contributed by atoms with Crippen LogP contribution in [0.15, 0.2) is 66.7 Å². The van der Waals surface area contributed by atoms with Gasteiger partial charge in [-0.05, 0) is 36.4 Å². The van der Waals surface area contributed by atoms with Crippen molar-refractivity contribution in [3.8, 4) is 22.1 Å². The Morgan fingerprint density at radius 1 is 1.07 bits per heavy atom. The molecule has 0 saturated carbocycles. The number of hydrogen-bond donors (Lipinski definition) is 1. The fourth-order valence-electron chi connectivity index (χ4n) is 3.55. The van der Waals surface area contributed by atoms with Crippen molar-refractivity contribution in [2.24, 2.45) is 0 Å². The van der Waals surface area contributed by atoms with E-state index in [-0.39, 0.29) is 11.7 Å². The fourth-order valence-corrected chi connectivity index (χ4v) is 4.51. The molecule has 5 nitrogen and oxygen atoms in total. The van der Waals surface area contributed by atoms with Crippen molar-refractivity contribution >= 4 is 27.5 Å². The lowest BCUT2D eigenvalue weighted by atomic mass is 10.1. The molecule has 6 heteroatoms. The van der Waals surface area contributed by atoms with Crippen LogP contribution in [-0.2, 0) is 6.54 Å². The number of carbonyl (C=O) groups is 1. The number of aromatic nitrogens is 1. The molecule has 0 atom stereocenters. The van der Waals surface area contributed by atoms with E-state index in [1.54, 1.807) is 22.3 Å². The Morgan fingerprint density at radius 2 is 1.86 bits per heavy atom. The van der Waals surface area contributed by atoms with Gasteiger partial charge in [0.05, 0.1) is 16.8 Å². The number of carbonyl (C=O) groups excluding carboxylic acids is 1. The Morgan fingerprint density at radius 3 is 2.69 bits per heavy atom. The number of phenolic OH excluding ortho intramolecular Hbond substituents is 1. The van der Waals surface area contributed by atoms with Gasteiger partial charge in [0.25, 0.3) is 5.91 Å². The average molecular weight is 402 g/mol. The number of amides is 1. The number of hydrogen-bond acceptors (Lipinski definition) is 5. The van der Waals surface area contributed by atoms with Gasteiger partial charge in [-0.25, -0.2) is 4.98 Å². The van der Waals surface area contributed by atoms with Gasteiger partial charge in [0, 0.05) is 23.2 Å². The lowest BCUT2D eigenvalue weighted by Crippen LogP contribution is -2.32.